The summed E-state index contributed by atoms with van der Waals surface area (Å²) in [6.07, 6.45) is -8.15. The highest BCUT2D eigenvalue weighted by Gasteiger charge is 2.39. The maximum atomic E-state index is 13.5. The molecule has 0 unspecified atom stereocenters. The molecule has 4 rings (SSSR count). The van der Waals surface area contributed by atoms with E-state index in [2.05, 4.69) is 20.8 Å². The summed E-state index contributed by atoms with van der Waals surface area (Å²) in [5, 5.41) is 12.4. The SMILES string of the molecule is FC(F)(F)c1cc(COCC2(c3ccccc3)CCNCC2)cc(-n2nnnc2C(F)(F)F)c1. The van der Waals surface area contributed by atoms with Crippen LogP contribution in [0, 0.1) is 0 Å². The Morgan fingerprint density at radius 2 is 1.65 bits per heavy atom. The number of nitrogens with one attached hydrogen (secondary N) is 1. The highest BCUT2D eigenvalue weighted by molar-refractivity contribution is 5.41. The van der Waals surface area contributed by atoms with E-state index < -0.39 is 29.4 Å². The largest absolute Gasteiger partial charge is 0.453 e. The van der Waals surface area contributed by atoms with Crippen LogP contribution in [-0.2, 0) is 29.1 Å². The van der Waals surface area contributed by atoms with Crippen LogP contribution in [0.25, 0.3) is 5.69 Å². The van der Waals surface area contributed by atoms with E-state index in [1.165, 1.54) is 6.07 Å². The minimum absolute atomic E-state index is 0.0607. The van der Waals surface area contributed by atoms with E-state index in [1.807, 2.05) is 30.3 Å². The summed E-state index contributed by atoms with van der Waals surface area (Å²) >= 11 is 0. The maximum absolute atomic E-state index is 13.5. The minimum atomic E-state index is -4.94. The number of benzene rings is 2. The summed E-state index contributed by atoms with van der Waals surface area (Å²) in [6.45, 7) is 1.57. The Kier molecular flexibility index (Phi) is 6.63. The van der Waals surface area contributed by atoms with Gasteiger partial charge in [-0.15, -0.1) is 5.10 Å². The molecule has 0 amide bonds. The third-order valence-corrected chi connectivity index (χ3v) is 5.87. The lowest BCUT2D eigenvalue weighted by Crippen LogP contribution is -2.43. The van der Waals surface area contributed by atoms with Crippen LogP contribution in [0.4, 0.5) is 26.3 Å². The summed E-state index contributed by atoms with van der Waals surface area (Å²) in [5.74, 6) is -1.52. The Labute approximate surface area is 190 Å². The third-order valence-electron chi connectivity index (χ3n) is 5.87. The molecule has 0 spiro atoms. The quantitative estimate of drug-likeness (QED) is 0.520. The predicted octanol–water partition coefficient (Wildman–Crippen LogP) is 4.54. The van der Waals surface area contributed by atoms with Gasteiger partial charge >= 0.3 is 12.4 Å². The number of nitrogens with zero attached hydrogens (tertiary/aromatic N) is 4. The number of rotatable bonds is 6. The fourth-order valence-corrected chi connectivity index (χ4v) is 4.16. The summed E-state index contributed by atoms with van der Waals surface area (Å²) in [5.41, 5.74) is -0.747. The number of hydrogen-bond acceptors (Lipinski definition) is 5. The second-order valence-electron chi connectivity index (χ2n) is 8.19. The van der Waals surface area contributed by atoms with Gasteiger partial charge in [-0.1, -0.05) is 30.3 Å². The number of piperidine rings is 1. The lowest BCUT2D eigenvalue weighted by molar-refractivity contribution is -0.146. The molecule has 0 atom stereocenters. The van der Waals surface area contributed by atoms with Crippen molar-refractivity contribution in [2.24, 2.45) is 0 Å². The Morgan fingerprint density at radius 1 is 0.941 bits per heavy atom. The lowest BCUT2D eigenvalue weighted by atomic mass is 9.74. The average Bonchev–Trinajstić information content (AvgIpc) is 3.31. The van der Waals surface area contributed by atoms with Crippen molar-refractivity contribution >= 4 is 0 Å². The molecule has 0 bridgehead atoms. The van der Waals surface area contributed by atoms with Crippen LogP contribution in [0.5, 0.6) is 0 Å². The van der Waals surface area contributed by atoms with Gasteiger partial charge in [0, 0.05) is 5.41 Å². The van der Waals surface area contributed by atoms with E-state index in [0.717, 1.165) is 37.6 Å². The van der Waals surface area contributed by atoms with E-state index in [-0.39, 0.29) is 28.9 Å². The first-order chi connectivity index (χ1) is 16.1. The summed E-state index contributed by atoms with van der Waals surface area (Å²) in [7, 11) is 0. The molecule has 1 aliphatic rings. The fourth-order valence-electron chi connectivity index (χ4n) is 4.16. The summed E-state index contributed by atoms with van der Waals surface area (Å²) < 4.78 is 86.2. The molecule has 0 saturated carbocycles. The van der Waals surface area contributed by atoms with Crippen LogP contribution in [0.3, 0.4) is 0 Å². The molecule has 12 heteroatoms. The van der Waals surface area contributed by atoms with Gasteiger partial charge < -0.3 is 10.1 Å². The number of ether oxygens (including phenoxy) is 1. The van der Waals surface area contributed by atoms with Gasteiger partial charge in [0.15, 0.2) is 0 Å². The van der Waals surface area contributed by atoms with Crippen molar-refractivity contribution < 1.29 is 31.1 Å². The maximum Gasteiger partial charge on any atom is 0.453 e. The van der Waals surface area contributed by atoms with Gasteiger partial charge in [0.25, 0.3) is 5.82 Å². The minimum Gasteiger partial charge on any atom is -0.376 e. The predicted molar refractivity (Wildman–Crippen MR) is 109 cm³/mol. The van der Waals surface area contributed by atoms with Gasteiger partial charge in [0.1, 0.15) is 0 Å². The van der Waals surface area contributed by atoms with Gasteiger partial charge in [-0.3, -0.25) is 0 Å². The average molecular weight is 485 g/mol. The Hall–Kier alpha value is -2.99. The van der Waals surface area contributed by atoms with Crippen molar-refractivity contribution in [3.05, 3.63) is 71.0 Å². The lowest BCUT2D eigenvalue weighted by Gasteiger charge is -2.38. The summed E-state index contributed by atoms with van der Waals surface area (Å²) in [4.78, 5) is 0. The monoisotopic (exact) mass is 485 g/mol. The van der Waals surface area contributed by atoms with Gasteiger partial charge in [-0.2, -0.15) is 31.0 Å². The molecule has 182 valence electrons. The molecule has 6 nitrogen and oxygen atoms in total. The molecule has 0 aliphatic carbocycles. The van der Waals surface area contributed by atoms with Gasteiger partial charge in [-0.25, -0.2) is 0 Å². The van der Waals surface area contributed by atoms with Crippen molar-refractivity contribution in [3.63, 3.8) is 0 Å². The van der Waals surface area contributed by atoms with Crippen LogP contribution >= 0.6 is 0 Å². The Morgan fingerprint density at radius 3 is 2.29 bits per heavy atom. The van der Waals surface area contributed by atoms with Crippen molar-refractivity contribution in [2.75, 3.05) is 19.7 Å². The van der Waals surface area contributed by atoms with Crippen LogP contribution in [0.15, 0.2) is 48.5 Å². The molecule has 1 aliphatic heterocycles. The van der Waals surface area contributed by atoms with Gasteiger partial charge in [-0.05, 0) is 65.7 Å². The zero-order valence-corrected chi connectivity index (χ0v) is 17.8. The molecule has 2 aromatic carbocycles. The van der Waals surface area contributed by atoms with E-state index in [0.29, 0.717) is 6.07 Å². The standard InChI is InChI=1S/C22H21F6N5O/c23-21(24,25)17-10-15(11-18(12-17)33-19(22(26,27)28)30-31-32-33)13-34-14-20(6-8-29-9-7-20)16-4-2-1-3-5-16/h1-5,10-12,29H,6-9,13-14H2. The van der Waals surface area contributed by atoms with Crippen LogP contribution in [0.2, 0.25) is 0 Å². The van der Waals surface area contributed by atoms with Crippen molar-refractivity contribution in [1.29, 1.82) is 0 Å². The van der Waals surface area contributed by atoms with Gasteiger partial charge in [0.2, 0.25) is 0 Å². The molecule has 1 aromatic heterocycles. The van der Waals surface area contributed by atoms with Crippen LogP contribution < -0.4 is 5.32 Å². The van der Waals surface area contributed by atoms with E-state index in [4.69, 9.17) is 4.74 Å². The second-order valence-corrected chi connectivity index (χ2v) is 8.19. The molecule has 34 heavy (non-hydrogen) atoms. The first-order valence-electron chi connectivity index (χ1n) is 10.5. The zero-order valence-electron chi connectivity index (χ0n) is 17.8. The molecular formula is C22H21F6N5O. The Balaban J connectivity index is 1.61. The van der Waals surface area contributed by atoms with E-state index >= 15 is 0 Å². The molecular weight excluding hydrogens is 464 g/mol. The Bertz CT molecular complexity index is 1110. The van der Waals surface area contributed by atoms with Crippen LogP contribution in [-0.4, -0.2) is 39.9 Å². The first kappa shape index (κ1) is 24.1. The highest BCUT2D eigenvalue weighted by atomic mass is 19.4. The highest BCUT2D eigenvalue weighted by Crippen LogP contribution is 2.36. The zero-order chi connectivity index (χ0) is 24.4. The molecule has 1 N–H and O–H groups in total. The van der Waals surface area contributed by atoms with Crippen molar-refractivity contribution in [1.82, 2.24) is 25.5 Å². The normalized spacial score (nSPS) is 16.5. The number of aromatic nitrogens is 4. The molecule has 3 aromatic rings. The molecule has 0 radical (unpaired) electrons. The van der Waals surface area contributed by atoms with Crippen LogP contribution in [0.1, 0.15) is 35.4 Å². The van der Waals surface area contributed by atoms with Crippen molar-refractivity contribution in [3.8, 4) is 5.69 Å². The molecule has 1 saturated heterocycles. The number of tetrazole rings is 1. The number of alkyl halides is 6. The smallest absolute Gasteiger partial charge is 0.376 e. The molecule has 2 heterocycles. The first-order valence-corrected chi connectivity index (χ1v) is 10.5. The van der Waals surface area contributed by atoms with Gasteiger partial charge in [0.05, 0.1) is 24.5 Å². The van der Waals surface area contributed by atoms with Crippen molar-refractivity contribution in [2.45, 2.75) is 37.2 Å². The number of halogens is 6. The number of hydrogen-bond donors (Lipinski definition) is 1. The fraction of sp³-hybridized carbons (Fsp3) is 0.409. The second kappa shape index (κ2) is 9.34. The topological polar surface area (TPSA) is 64.9 Å². The molecule has 1 fully saturated rings. The summed E-state index contributed by atoms with van der Waals surface area (Å²) in [6, 6.07) is 12.3. The van der Waals surface area contributed by atoms with E-state index in [9.17, 15) is 26.3 Å². The third kappa shape index (κ3) is 5.22. The van der Waals surface area contributed by atoms with E-state index in [1.54, 1.807) is 0 Å².